The van der Waals surface area contributed by atoms with E-state index in [1.807, 2.05) is 37.3 Å². The molecule has 0 spiro atoms. The minimum Gasteiger partial charge on any atom is -0.497 e. The van der Waals surface area contributed by atoms with E-state index in [1.54, 1.807) is 51.4 Å². The molecule has 2 aromatic carbocycles. The van der Waals surface area contributed by atoms with Gasteiger partial charge in [-0.1, -0.05) is 17.3 Å². The minimum atomic E-state index is -0.609. The third-order valence-corrected chi connectivity index (χ3v) is 5.98. The highest BCUT2D eigenvalue weighted by molar-refractivity contribution is 7.80. The van der Waals surface area contributed by atoms with E-state index < -0.39 is 6.04 Å². The van der Waals surface area contributed by atoms with Crippen LogP contribution in [0.2, 0.25) is 0 Å². The maximum Gasteiger partial charge on any atom is 0.257 e. The number of carbonyl (C=O) groups excluding carboxylic acids is 1. The topological polar surface area (TPSA) is 98.1 Å². The second kappa shape index (κ2) is 10.1. The van der Waals surface area contributed by atoms with Gasteiger partial charge in [-0.2, -0.15) is 0 Å². The molecule has 1 aliphatic heterocycles. The SMILES string of the molecule is COc1ccc([C@H]2NC(=S)N(c3ccccc3OC)C(C)=C2C(=O)Nc2cc(C)on2)c(OC)c1. The lowest BCUT2D eigenvalue weighted by atomic mass is 9.93. The molecule has 0 aliphatic carbocycles. The highest BCUT2D eigenvalue weighted by atomic mass is 32.1. The molecule has 182 valence electrons. The lowest BCUT2D eigenvalue weighted by Crippen LogP contribution is -2.48. The Labute approximate surface area is 208 Å². The Bertz CT molecular complexity index is 1300. The number of nitrogens with zero attached hydrogens (tertiary/aromatic N) is 2. The van der Waals surface area contributed by atoms with E-state index in [2.05, 4.69) is 15.8 Å². The molecule has 2 heterocycles. The summed E-state index contributed by atoms with van der Waals surface area (Å²) in [5.74, 6) is 2.32. The summed E-state index contributed by atoms with van der Waals surface area (Å²) in [6.45, 7) is 3.59. The molecule has 1 atom stereocenters. The summed E-state index contributed by atoms with van der Waals surface area (Å²) in [6, 6.07) is 13.9. The number of aryl methyl sites for hydroxylation is 1. The van der Waals surface area contributed by atoms with Gasteiger partial charge in [0.2, 0.25) is 0 Å². The van der Waals surface area contributed by atoms with Crippen LogP contribution in [0.25, 0.3) is 0 Å². The summed E-state index contributed by atoms with van der Waals surface area (Å²) in [7, 11) is 4.73. The molecular weight excluding hydrogens is 468 g/mol. The lowest BCUT2D eigenvalue weighted by molar-refractivity contribution is -0.113. The third kappa shape index (κ3) is 4.65. The number of hydrogen-bond acceptors (Lipinski definition) is 7. The van der Waals surface area contributed by atoms with Crippen molar-refractivity contribution in [2.75, 3.05) is 31.5 Å². The first-order valence-corrected chi connectivity index (χ1v) is 11.2. The maximum absolute atomic E-state index is 13.7. The first kappa shape index (κ1) is 24.1. The van der Waals surface area contributed by atoms with Gasteiger partial charge in [-0.3, -0.25) is 9.69 Å². The molecule has 2 N–H and O–H groups in total. The largest absolute Gasteiger partial charge is 0.497 e. The number of thiocarbonyl (C=S) groups is 1. The Morgan fingerprint density at radius 2 is 1.80 bits per heavy atom. The average molecular weight is 495 g/mol. The first-order chi connectivity index (χ1) is 16.9. The van der Waals surface area contributed by atoms with Gasteiger partial charge in [0, 0.05) is 23.4 Å². The molecule has 3 aromatic rings. The van der Waals surface area contributed by atoms with Crippen molar-refractivity contribution in [2.45, 2.75) is 19.9 Å². The lowest BCUT2D eigenvalue weighted by Gasteiger charge is -2.38. The number of carbonyl (C=O) groups is 1. The normalized spacial score (nSPS) is 15.5. The van der Waals surface area contributed by atoms with Crippen LogP contribution in [0.4, 0.5) is 11.5 Å². The van der Waals surface area contributed by atoms with Gasteiger partial charge >= 0.3 is 0 Å². The summed E-state index contributed by atoms with van der Waals surface area (Å²) >= 11 is 5.77. The van der Waals surface area contributed by atoms with Gasteiger partial charge in [-0.05, 0) is 50.3 Å². The van der Waals surface area contributed by atoms with Crippen molar-refractivity contribution >= 4 is 34.7 Å². The third-order valence-electron chi connectivity index (χ3n) is 5.68. The molecular formula is C25H26N4O5S. The molecule has 1 aliphatic rings. The number of rotatable bonds is 7. The highest BCUT2D eigenvalue weighted by Gasteiger charge is 2.37. The summed E-state index contributed by atoms with van der Waals surface area (Å²) in [5.41, 5.74) is 2.47. The molecule has 35 heavy (non-hydrogen) atoms. The van der Waals surface area contributed by atoms with Gasteiger partial charge in [0.1, 0.15) is 23.0 Å². The van der Waals surface area contributed by atoms with Crippen LogP contribution in [0.5, 0.6) is 17.2 Å². The molecule has 10 heteroatoms. The van der Waals surface area contributed by atoms with Crippen LogP contribution in [0.3, 0.4) is 0 Å². The van der Waals surface area contributed by atoms with Crippen LogP contribution in [0, 0.1) is 6.92 Å². The molecule has 0 radical (unpaired) electrons. The fourth-order valence-electron chi connectivity index (χ4n) is 4.04. The van der Waals surface area contributed by atoms with Crippen LogP contribution in [0.15, 0.2) is 64.3 Å². The fourth-order valence-corrected chi connectivity index (χ4v) is 4.39. The number of anilines is 2. The van der Waals surface area contributed by atoms with Gasteiger partial charge in [0.05, 0.1) is 38.6 Å². The van der Waals surface area contributed by atoms with Gasteiger partial charge in [0.25, 0.3) is 5.91 Å². The minimum absolute atomic E-state index is 0.310. The Morgan fingerprint density at radius 3 is 2.46 bits per heavy atom. The van der Waals surface area contributed by atoms with Crippen molar-refractivity contribution in [1.29, 1.82) is 0 Å². The zero-order valence-corrected chi connectivity index (χ0v) is 20.9. The second-order valence-electron chi connectivity index (χ2n) is 7.77. The van der Waals surface area contributed by atoms with E-state index in [0.717, 1.165) is 5.56 Å². The van der Waals surface area contributed by atoms with E-state index in [-0.39, 0.29) is 5.91 Å². The summed E-state index contributed by atoms with van der Waals surface area (Å²) in [4.78, 5) is 15.5. The van der Waals surface area contributed by atoms with Crippen molar-refractivity contribution in [3.63, 3.8) is 0 Å². The standard InChI is InChI=1S/C25H26N4O5S/c1-14-12-21(28-34-14)26-24(30)22-15(2)29(18-8-6-7-9-19(18)32-4)25(35)27-23(22)17-11-10-16(31-3)13-20(17)33-5/h6-13,23H,1-5H3,(H,27,35)(H,26,28,30)/t23-/m1/s1. The number of aromatic nitrogens is 1. The van der Waals surface area contributed by atoms with E-state index in [0.29, 0.717) is 50.9 Å². The molecule has 0 saturated carbocycles. The Morgan fingerprint density at radius 1 is 1.06 bits per heavy atom. The summed E-state index contributed by atoms with van der Waals surface area (Å²) in [5, 5.41) is 10.5. The molecule has 1 aromatic heterocycles. The molecule has 1 amide bonds. The fraction of sp³-hybridized carbons (Fsp3) is 0.240. The summed E-state index contributed by atoms with van der Waals surface area (Å²) < 4.78 is 21.6. The molecule has 0 saturated heterocycles. The van der Waals surface area contributed by atoms with Crippen molar-refractivity contribution in [3.05, 3.63) is 71.1 Å². The quantitative estimate of drug-likeness (QED) is 0.464. The van der Waals surface area contributed by atoms with Crippen LogP contribution in [0.1, 0.15) is 24.3 Å². The van der Waals surface area contributed by atoms with Gasteiger partial charge < -0.3 is 29.4 Å². The zero-order valence-electron chi connectivity index (χ0n) is 20.0. The van der Waals surface area contributed by atoms with Crippen molar-refractivity contribution in [2.24, 2.45) is 0 Å². The van der Waals surface area contributed by atoms with Gasteiger partial charge in [-0.15, -0.1) is 0 Å². The van der Waals surface area contributed by atoms with Crippen molar-refractivity contribution in [1.82, 2.24) is 10.5 Å². The number of methoxy groups -OCH3 is 3. The van der Waals surface area contributed by atoms with E-state index >= 15 is 0 Å². The predicted molar refractivity (Wildman–Crippen MR) is 136 cm³/mol. The Balaban J connectivity index is 1.87. The summed E-state index contributed by atoms with van der Waals surface area (Å²) in [6.07, 6.45) is 0. The number of nitrogens with one attached hydrogen (secondary N) is 2. The number of benzene rings is 2. The van der Waals surface area contributed by atoms with E-state index in [1.165, 1.54) is 0 Å². The van der Waals surface area contributed by atoms with Crippen LogP contribution >= 0.6 is 12.2 Å². The number of hydrogen-bond donors (Lipinski definition) is 2. The zero-order chi connectivity index (χ0) is 25.1. The first-order valence-electron chi connectivity index (χ1n) is 10.8. The van der Waals surface area contributed by atoms with E-state index in [4.69, 9.17) is 31.0 Å². The van der Waals surface area contributed by atoms with Crippen molar-refractivity contribution in [3.8, 4) is 17.2 Å². The van der Waals surface area contributed by atoms with Gasteiger partial charge in [-0.25, -0.2) is 0 Å². The van der Waals surface area contributed by atoms with E-state index in [9.17, 15) is 4.79 Å². The Hall–Kier alpha value is -4.05. The molecule has 0 fully saturated rings. The predicted octanol–water partition coefficient (Wildman–Crippen LogP) is 4.36. The number of ether oxygens (including phenoxy) is 3. The number of amides is 1. The highest BCUT2D eigenvalue weighted by Crippen LogP contribution is 2.40. The van der Waals surface area contributed by atoms with Crippen molar-refractivity contribution < 1.29 is 23.5 Å². The van der Waals surface area contributed by atoms with Crippen LogP contribution in [-0.2, 0) is 4.79 Å². The maximum atomic E-state index is 13.7. The molecule has 0 bridgehead atoms. The molecule has 4 rings (SSSR count). The number of allylic oxidation sites excluding steroid dienone is 1. The van der Waals surface area contributed by atoms with Crippen LogP contribution in [-0.4, -0.2) is 37.5 Å². The van der Waals surface area contributed by atoms with Crippen LogP contribution < -0.4 is 29.7 Å². The average Bonchev–Trinajstić information content (AvgIpc) is 3.27. The monoisotopic (exact) mass is 494 g/mol. The number of para-hydroxylation sites is 2. The molecule has 9 nitrogen and oxygen atoms in total. The smallest absolute Gasteiger partial charge is 0.257 e. The van der Waals surface area contributed by atoms with Gasteiger partial charge in [0.15, 0.2) is 10.9 Å². The second-order valence-corrected chi connectivity index (χ2v) is 8.16. The Kier molecular flexibility index (Phi) is 6.92. The molecule has 0 unspecified atom stereocenters.